The fraction of sp³-hybridized carbons (Fsp3) is 0.429. The Morgan fingerprint density at radius 3 is 2.53 bits per heavy atom. The summed E-state index contributed by atoms with van der Waals surface area (Å²) in [5, 5.41) is 8.73. The Balaban J connectivity index is 3.09. The lowest BCUT2D eigenvalue weighted by Crippen LogP contribution is -2.12. The van der Waals surface area contributed by atoms with Crippen molar-refractivity contribution >= 4 is 11.9 Å². The lowest BCUT2D eigenvalue weighted by Gasteiger charge is -2.13. The van der Waals surface area contributed by atoms with Crippen LogP contribution in [-0.2, 0) is 16.0 Å². The molecule has 0 heterocycles. The molecule has 0 aliphatic rings. The minimum absolute atomic E-state index is 0.0397. The zero-order valence-electron chi connectivity index (χ0n) is 11.1. The zero-order chi connectivity index (χ0) is 14.3. The molecule has 19 heavy (non-hydrogen) atoms. The van der Waals surface area contributed by atoms with Crippen molar-refractivity contribution < 1.29 is 24.2 Å². The number of carboxylic acid groups (broad SMARTS) is 1. The smallest absolute Gasteiger partial charge is 0.342 e. The molecule has 0 bridgehead atoms. The number of hydrogen-bond donors (Lipinski definition) is 1. The average molecular weight is 266 g/mol. The summed E-state index contributed by atoms with van der Waals surface area (Å²) >= 11 is 0. The van der Waals surface area contributed by atoms with Crippen LogP contribution in [0.25, 0.3) is 0 Å². The molecule has 0 saturated heterocycles. The number of benzene rings is 1. The van der Waals surface area contributed by atoms with Gasteiger partial charge in [0, 0.05) is 6.42 Å². The summed E-state index contributed by atoms with van der Waals surface area (Å²) in [6.07, 6.45) is 0.229. The number of carboxylic acids is 1. The first kappa shape index (κ1) is 15.0. The standard InChI is InChI=1S/C14H18O5/c1-3-18-11-7-5-6-10(8-9-12(15)16)13(11)14(17)19-4-2/h5-7H,3-4,8-9H2,1-2H3,(H,15,16). The van der Waals surface area contributed by atoms with Crippen LogP contribution in [0.1, 0.15) is 36.2 Å². The van der Waals surface area contributed by atoms with Crippen molar-refractivity contribution in [1.29, 1.82) is 0 Å². The van der Waals surface area contributed by atoms with E-state index in [0.717, 1.165) is 0 Å². The van der Waals surface area contributed by atoms with Gasteiger partial charge in [0.15, 0.2) is 0 Å². The van der Waals surface area contributed by atoms with Gasteiger partial charge in [-0.2, -0.15) is 0 Å². The van der Waals surface area contributed by atoms with Gasteiger partial charge < -0.3 is 14.6 Å². The van der Waals surface area contributed by atoms with Crippen LogP contribution < -0.4 is 4.74 Å². The summed E-state index contributed by atoms with van der Waals surface area (Å²) in [6.45, 7) is 4.23. The SMILES string of the molecule is CCOC(=O)c1c(CCC(=O)O)cccc1OCC. The molecule has 1 rings (SSSR count). The monoisotopic (exact) mass is 266 g/mol. The molecule has 0 fully saturated rings. The number of carbonyl (C=O) groups excluding carboxylic acids is 1. The third kappa shape index (κ3) is 4.28. The van der Waals surface area contributed by atoms with Crippen molar-refractivity contribution in [3.63, 3.8) is 0 Å². The van der Waals surface area contributed by atoms with Crippen LogP contribution >= 0.6 is 0 Å². The third-order valence-electron chi connectivity index (χ3n) is 2.50. The summed E-state index contributed by atoms with van der Waals surface area (Å²) in [4.78, 5) is 22.6. The predicted octanol–water partition coefficient (Wildman–Crippen LogP) is 2.28. The molecule has 0 saturated carbocycles. The zero-order valence-corrected chi connectivity index (χ0v) is 11.1. The van der Waals surface area contributed by atoms with Crippen LogP contribution in [0.3, 0.4) is 0 Å². The Morgan fingerprint density at radius 2 is 1.95 bits per heavy atom. The van der Waals surface area contributed by atoms with Gasteiger partial charge in [-0.15, -0.1) is 0 Å². The second kappa shape index (κ2) is 7.41. The highest BCUT2D eigenvalue weighted by atomic mass is 16.5. The Labute approximate surface area is 112 Å². The molecule has 0 atom stereocenters. The second-order valence-corrected chi connectivity index (χ2v) is 3.84. The van der Waals surface area contributed by atoms with Gasteiger partial charge in [0.1, 0.15) is 11.3 Å². The molecule has 104 valence electrons. The van der Waals surface area contributed by atoms with E-state index in [9.17, 15) is 9.59 Å². The Kier molecular flexibility index (Phi) is 5.85. The van der Waals surface area contributed by atoms with E-state index in [-0.39, 0.29) is 19.4 Å². The molecule has 1 N–H and O–H groups in total. The van der Waals surface area contributed by atoms with Gasteiger partial charge in [-0.3, -0.25) is 4.79 Å². The molecule has 0 spiro atoms. The van der Waals surface area contributed by atoms with E-state index in [1.165, 1.54) is 0 Å². The quantitative estimate of drug-likeness (QED) is 0.766. The molecule has 0 aliphatic carbocycles. The van der Waals surface area contributed by atoms with Gasteiger partial charge in [0.25, 0.3) is 0 Å². The molecule has 1 aromatic carbocycles. The van der Waals surface area contributed by atoms with E-state index in [4.69, 9.17) is 14.6 Å². The Morgan fingerprint density at radius 1 is 1.21 bits per heavy atom. The van der Waals surface area contributed by atoms with Gasteiger partial charge >= 0.3 is 11.9 Å². The Hall–Kier alpha value is -2.04. The van der Waals surface area contributed by atoms with Crippen LogP contribution in [0.15, 0.2) is 18.2 Å². The number of rotatable bonds is 7. The number of carbonyl (C=O) groups is 2. The molecule has 0 aromatic heterocycles. The molecule has 0 unspecified atom stereocenters. The van der Waals surface area contributed by atoms with Crippen molar-refractivity contribution in [2.75, 3.05) is 13.2 Å². The number of ether oxygens (including phenoxy) is 2. The molecule has 1 aromatic rings. The first-order valence-corrected chi connectivity index (χ1v) is 6.23. The first-order valence-electron chi connectivity index (χ1n) is 6.23. The normalized spacial score (nSPS) is 10.0. The van der Waals surface area contributed by atoms with Crippen LogP contribution in [0.4, 0.5) is 0 Å². The summed E-state index contributed by atoms with van der Waals surface area (Å²) in [5.74, 6) is -0.951. The van der Waals surface area contributed by atoms with Crippen LogP contribution in [0.5, 0.6) is 5.75 Å². The lowest BCUT2D eigenvalue weighted by atomic mass is 10.0. The summed E-state index contributed by atoms with van der Waals surface area (Å²) < 4.78 is 10.4. The van der Waals surface area contributed by atoms with Gasteiger partial charge in [-0.25, -0.2) is 4.79 Å². The highest BCUT2D eigenvalue weighted by molar-refractivity contribution is 5.94. The number of aliphatic carboxylic acids is 1. The van der Waals surface area contributed by atoms with E-state index in [1.807, 2.05) is 6.92 Å². The van der Waals surface area contributed by atoms with Crippen LogP contribution in [-0.4, -0.2) is 30.3 Å². The molecular weight excluding hydrogens is 248 g/mol. The van der Waals surface area contributed by atoms with E-state index < -0.39 is 11.9 Å². The maximum Gasteiger partial charge on any atom is 0.342 e. The molecule has 5 heteroatoms. The third-order valence-corrected chi connectivity index (χ3v) is 2.50. The van der Waals surface area contributed by atoms with Crippen molar-refractivity contribution in [2.45, 2.75) is 26.7 Å². The van der Waals surface area contributed by atoms with E-state index in [1.54, 1.807) is 25.1 Å². The molecular formula is C14H18O5. The first-order chi connectivity index (χ1) is 9.10. The van der Waals surface area contributed by atoms with Crippen LogP contribution in [0, 0.1) is 0 Å². The largest absolute Gasteiger partial charge is 0.493 e. The topological polar surface area (TPSA) is 72.8 Å². The number of esters is 1. The van der Waals surface area contributed by atoms with Crippen molar-refractivity contribution in [1.82, 2.24) is 0 Å². The van der Waals surface area contributed by atoms with E-state index in [0.29, 0.717) is 23.5 Å². The summed E-state index contributed by atoms with van der Waals surface area (Å²) in [6, 6.07) is 5.14. The maximum absolute atomic E-state index is 12.0. The highest BCUT2D eigenvalue weighted by Gasteiger charge is 2.19. The fourth-order valence-corrected chi connectivity index (χ4v) is 1.74. The predicted molar refractivity (Wildman–Crippen MR) is 69.5 cm³/mol. The van der Waals surface area contributed by atoms with E-state index in [2.05, 4.69) is 0 Å². The minimum Gasteiger partial charge on any atom is -0.493 e. The van der Waals surface area contributed by atoms with Crippen molar-refractivity contribution in [3.05, 3.63) is 29.3 Å². The number of hydrogen-bond acceptors (Lipinski definition) is 4. The van der Waals surface area contributed by atoms with Gasteiger partial charge in [-0.1, -0.05) is 12.1 Å². The number of aryl methyl sites for hydroxylation is 1. The minimum atomic E-state index is -0.906. The molecule has 0 radical (unpaired) electrons. The fourth-order valence-electron chi connectivity index (χ4n) is 1.74. The summed E-state index contributed by atoms with van der Waals surface area (Å²) in [7, 11) is 0. The molecule has 5 nitrogen and oxygen atoms in total. The van der Waals surface area contributed by atoms with Crippen LogP contribution in [0.2, 0.25) is 0 Å². The average Bonchev–Trinajstić information content (AvgIpc) is 2.37. The highest BCUT2D eigenvalue weighted by Crippen LogP contribution is 2.24. The molecule has 0 aliphatic heterocycles. The van der Waals surface area contributed by atoms with Crippen molar-refractivity contribution in [2.24, 2.45) is 0 Å². The van der Waals surface area contributed by atoms with Gasteiger partial charge in [0.2, 0.25) is 0 Å². The molecule has 0 amide bonds. The summed E-state index contributed by atoms with van der Waals surface area (Å²) in [5.41, 5.74) is 0.958. The van der Waals surface area contributed by atoms with E-state index >= 15 is 0 Å². The van der Waals surface area contributed by atoms with Gasteiger partial charge in [-0.05, 0) is 31.9 Å². The maximum atomic E-state index is 12.0. The van der Waals surface area contributed by atoms with Gasteiger partial charge in [0.05, 0.1) is 13.2 Å². The van der Waals surface area contributed by atoms with Crippen molar-refractivity contribution in [3.8, 4) is 5.75 Å². The lowest BCUT2D eigenvalue weighted by molar-refractivity contribution is -0.136. The Bertz CT molecular complexity index is 453. The second-order valence-electron chi connectivity index (χ2n) is 3.84.